The predicted molar refractivity (Wildman–Crippen MR) is 83.6 cm³/mol. The zero-order valence-corrected chi connectivity index (χ0v) is 12.8. The molecular formula is C18H22O4. The van der Waals surface area contributed by atoms with Crippen LogP contribution in [-0.4, -0.2) is 26.2 Å². The Bertz CT molecular complexity index is 657. The second kappa shape index (κ2) is 5.14. The average Bonchev–Trinajstić information content (AvgIpc) is 2.44. The third kappa shape index (κ3) is 2.53. The molecule has 3 rings (SSSR count). The first-order chi connectivity index (χ1) is 10.3. The van der Waals surface area contributed by atoms with Gasteiger partial charge in [0, 0.05) is 12.3 Å². The summed E-state index contributed by atoms with van der Waals surface area (Å²) in [6.07, 6.45) is 6.05. The number of rotatable bonds is 1. The van der Waals surface area contributed by atoms with Crippen LogP contribution in [-0.2, 0) is 6.42 Å². The number of aliphatic hydroxyl groups is 2. The van der Waals surface area contributed by atoms with Crippen molar-refractivity contribution in [2.24, 2.45) is 11.8 Å². The van der Waals surface area contributed by atoms with Gasteiger partial charge in [0.15, 0.2) is 17.3 Å². The van der Waals surface area contributed by atoms with E-state index in [0.717, 1.165) is 23.1 Å². The van der Waals surface area contributed by atoms with Gasteiger partial charge in [-0.2, -0.15) is 0 Å². The number of phenols is 2. The van der Waals surface area contributed by atoms with Crippen LogP contribution >= 0.6 is 0 Å². The van der Waals surface area contributed by atoms with Gasteiger partial charge in [-0.05, 0) is 53.2 Å². The molecule has 118 valence electrons. The van der Waals surface area contributed by atoms with Gasteiger partial charge in [0.05, 0.1) is 0 Å². The maximum absolute atomic E-state index is 9.86. The number of hydrogen-bond acceptors (Lipinski definition) is 4. The SMILES string of the molecule is CC1Cc2cc(O)c(O)cc2C(C2=CCC(O)(O)C=C2)C1C. The van der Waals surface area contributed by atoms with Gasteiger partial charge < -0.3 is 20.4 Å². The normalized spacial score (nSPS) is 29.8. The molecule has 3 unspecified atom stereocenters. The van der Waals surface area contributed by atoms with Gasteiger partial charge in [0.25, 0.3) is 0 Å². The summed E-state index contributed by atoms with van der Waals surface area (Å²) < 4.78 is 0. The number of allylic oxidation sites excluding steroid dienone is 2. The Kier molecular flexibility index (Phi) is 3.54. The van der Waals surface area contributed by atoms with Crippen molar-refractivity contribution in [1.29, 1.82) is 0 Å². The Hall–Kier alpha value is -1.78. The first-order valence-corrected chi connectivity index (χ1v) is 7.67. The van der Waals surface area contributed by atoms with Crippen LogP contribution in [0.4, 0.5) is 0 Å². The van der Waals surface area contributed by atoms with E-state index in [9.17, 15) is 20.4 Å². The smallest absolute Gasteiger partial charge is 0.186 e. The maximum Gasteiger partial charge on any atom is 0.186 e. The molecule has 22 heavy (non-hydrogen) atoms. The van der Waals surface area contributed by atoms with Crippen molar-refractivity contribution < 1.29 is 20.4 Å². The van der Waals surface area contributed by atoms with Crippen LogP contribution in [0.5, 0.6) is 11.5 Å². The molecular weight excluding hydrogens is 280 g/mol. The minimum atomic E-state index is -1.77. The molecule has 0 radical (unpaired) electrons. The largest absolute Gasteiger partial charge is 0.504 e. The van der Waals surface area contributed by atoms with Gasteiger partial charge in [0.1, 0.15) is 0 Å². The van der Waals surface area contributed by atoms with Gasteiger partial charge in [-0.25, -0.2) is 0 Å². The molecule has 0 heterocycles. The lowest BCUT2D eigenvalue weighted by Gasteiger charge is -2.38. The van der Waals surface area contributed by atoms with Crippen LogP contribution in [0.25, 0.3) is 0 Å². The van der Waals surface area contributed by atoms with Gasteiger partial charge in [0.2, 0.25) is 0 Å². The topological polar surface area (TPSA) is 80.9 Å². The van der Waals surface area contributed by atoms with Crippen LogP contribution in [0.1, 0.15) is 37.3 Å². The summed E-state index contributed by atoms with van der Waals surface area (Å²) in [7, 11) is 0. The molecule has 4 N–H and O–H groups in total. The third-order valence-corrected chi connectivity index (χ3v) is 5.08. The number of aromatic hydroxyl groups is 2. The molecule has 0 spiro atoms. The molecule has 0 bridgehead atoms. The number of fused-ring (bicyclic) bond motifs is 1. The summed E-state index contributed by atoms with van der Waals surface area (Å²) in [5, 5.41) is 38.9. The quantitative estimate of drug-likeness (QED) is 0.475. The van der Waals surface area contributed by atoms with Crippen molar-refractivity contribution in [3.8, 4) is 11.5 Å². The highest BCUT2D eigenvalue weighted by molar-refractivity contribution is 5.52. The second-order valence-electron chi connectivity index (χ2n) is 6.68. The summed E-state index contributed by atoms with van der Waals surface area (Å²) in [5.74, 6) is -1.09. The molecule has 4 heteroatoms. The molecule has 0 amide bonds. The van der Waals surface area contributed by atoms with Gasteiger partial charge in [-0.1, -0.05) is 26.0 Å². The Labute approximate surface area is 130 Å². The highest BCUT2D eigenvalue weighted by Crippen LogP contribution is 2.47. The van der Waals surface area contributed by atoms with Crippen molar-refractivity contribution in [3.63, 3.8) is 0 Å². The molecule has 1 aromatic carbocycles. The monoisotopic (exact) mass is 302 g/mol. The molecule has 2 aliphatic carbocycles. The van der Waals surface area contributed by atoms with E-state index in [1.807, 2.05) is 6.08 Å². The number of phenolic OH excluding ortho intramolecular Hbond substituents is 2. The lowest BCUT2D eigenvalue weighted by Crippen LogP contribution is -2.30. The number of hydrogen-bond donors (Lipinski definition) is 4. The lowest BCUT2D eigenvalue weighted by atomic mass is 9.67. The molecule has 0 saturated carbocycles. The summed E-state index contributed by atoms with van der Waals surface area (Å²) >= 11 is 0. The Morgan fingerprint density at radius 2 is 1.77 bits per heavy atom. The van der Waals surface area contributed by atoms with Crippen LogP contribution < -0.4 is 0 Å². The van der Waals surface area contributed by atoms with E-state index >= 15 is 0 Å². The van der Waals surface area contributed by atoms with Crippen molar-refractivity contribution in [1.82, 2.24) is 0 Å². The molecule has 4 nitrogen and oxygen atoms in total. The molecule has 0 saturated heterocycles. The van der Waals surface area contributed by atoms with Crippen LogP contribution in [0.3, 0.4) is 0 Å². The highest BCUT2D eigenvalue weighted by atomic mass is 16.5. The standard InChI is InChI=1S/C18H22O4/c1-10-7-13-8-15(19)16(20)9-14(13)17(11(10)2)12-3-5-18(21,22)6-4-12/h3-5,8-11,17,19-22H,6-7H2,1-2H3. The summed E-state index contributed by atoms with van der Waals surface area (Å²) in [4.78, 5) is 0. The lowest BCUT2D eigenvalue weighted by molar-refractivity contribution is -0.115. The molecule has 1 aromatic rings. The Morgan fingerprint density at radius 3 is 2.41 bits per heavy atom. The summed E-state index contributed by atoms with van der Waals surface area (Å²) in [6.45, 7) is 4.36. The molecule has 3 atom stereocenters. The Balaban J connectivity index is 2.06. The number of benzene rings is 1. The average molecular weight is 302 g/mol. The zero-order chi connectivity index (χ0) is 16.1. The molecule has 2 aliphatic rings. The van der Waals surface area contributed by atoms with E-state index in [4.69, 9.17) is 0 Å². The molecule has 0 aliphatic heterocycles. The van der Waals surface area contributed by atoms with Crippen LogP contribution in [0.15, 0.2) is 35.9 Å². The van der Waals surface area contributed by atoms with Crippen molar-refractivity contribution >= 4 is 0 Å². The van der Waals surface area contributed by atoms with E-state index in [0.29, 0.717) is 11.8 Å². The fraction of sp³-hybridized carbons (Fsp3) is 0.444. The molecule has 0 aromatic heterocycles. The van der Waals surface area contributed by atoms with Crippen molar-refractivity contribution in [2.75, 3.05) is 0 Å². The van der Waals surface area contributed by atoms with Gasteiger partial charge in [-0.3, -0.25) is 0 Å². The van der Waals surface area contributed by atoms with Crippen LogP contribution in [0.2, 0.25) is 0 Å². The first-order valence-electron chi connectivity index (χ1n) is 7.67. The minimum absolute atomic E-state index is 0.0811. The van der Waals surface area contributed by atoms with E-state index < -0.39 is 5.79 Å². The van der Waals surface area contributed by atoms with Gasteiger partial charge >= 0.3 is 0 Å². The maximum atomic E-state index is 9.86. The summed E-state index contributed by atoms with van der Waals surface area (Å²) in [5.41, 5.74) is 3.09. The minimum Gasteiger partial charge on any atom is -0.504 e. The van der Waals surface area contributed by atoms with E-state index in [1.54, 1.807) is 18.2 Å². The Morgan fingerprint density at radius 1 is 1.09 bits per heavy atom. The van der Waals surface area contributed by atoms with Gasteiger partial charge in [-0.15, -0.1) is 0 Å². The highest BCUT2D eigenvalue weighted by Gasteiger charge is 2.35. The third-order valence-electron chi connectivity index (χ3n) is 5.08. The van der Waals surface area contributed by atoms with E-state index in [2.05, 4.69) is 13.8 Å². The van der Waals surface area contributed by atoms with E-state index in [1.165, 1.54) is 6.08 Å². The van der Waals surface area contributed by atoms with Crippen molar-refractivity contribution in [3.05, 3.63) is 47.1 Å². The zero-order valence-electron chi connectivity index (χ0n) is 12.8. The predicted octanol–water partition coefficient (Wildman–Crippen LogP) is 2.58. The first kappa shape index (κ1) is 15.1. The fourth-order valence-electron chi connectivity index (χ4n) is 3.59. The second-order valence-corrected chi connectivity index (χ2v) is 6.68. The fourth-order valence-corrected chi connectivity index (χ4v) is 3.59. The van der Waals surface area contributed by atoms with Crippen molar-refractivity contribution in [2.45, 2.75) is 38.4 Å². The summed E-state index contributed by atoms with van der Waals surface area (Å²) in [6, 6.07) is 3.29. The van der Waals surface area contributed by atoms with E-state index in [-0.39, 0.29) is 23.8 Å². The van der Waals surface area contributed by atoms with Crippen LogP contribution in [0, 0.1) is 11.8 Å². The molecule has 0 fully saturated rings.